The lowest BCUT2D eigenvalue weighted by molar-refractivity contribution is 0.104. The number of hydrogen-bond acceptors (Lipinski definition) is 3. The molecule has 0 atom stereocenters. The summed E-state index contributed by atoms with van der Waals surface area (Å²) in [5.41, 5.74) is 4.54. The van der Waals surface area contributed by atoms with Gasteiger partial charge < -0.3 is 9.68 Å². The van der Waals surface area contributed by atoms with Crippen LogP contribution < -0.4 is 5.46 Å². The van der Waals surface area contributed by atoms with Crippen molar-refractivity contribution >= 4 is 24.4 Å². The molecular weight excluding hydrogens is 275 g/mol. The molecule has 4 heteroatoms. The fourth-order valence-electron chi connectivity index (χ4n) is 2.51. The first kappa shape index (κ1) is 14.8. The van der Waals surface area contributed by atoms with Crippen molar-refractivity contribution in [3.05, 3.63) is 70.8 Å². The van der Waals surface area contributed by atoms with Crippen LogP contribution in [0.4, 0.5) is 0 Å². The van der Waals surface area contributed by atoms with E-state index >= 15 is 0 Å². The Morgan fingerprint density at radius 3 is 2.77 bits per heavy atom. The number of aryl methyl sites for hydroxylation is 1. The average Bonchev–Trinajstić information content (AvgIpc) is 2.93. The van der Waals surface area contributed by atoms with E-state index in [1.807, 2.05) is 42.5 Å². The molecule has 0 radical (unpaired) electrons. The van der Waals surface area contributed by atoms with Crippen molar-refractivity contribution in [3.63, 3.8) is 0 Å². The highest BCUT2D eigenvalue weighted by molar-refractivity contribution is 6.61. The lowest BCUT2D eigenvalue weighted by Crippen LogP contribution is -2.28. The predicted molar refractivity (Wildman–Crippen MR) is 88.0 cm³/mol. The molecular formula is C18H17BO3. The maximum Gasteiger partial charge on any atom is 0.491 e. The van der Waals surface area contributed by atoms with Crippen molar-refractivity contribution < 1.29 is 14.5 Å². The molecule has 1 aliphatic rings. The molecule has 2 aromatic rings. The molecule has 3 rings (SSSR count). The van der Waals surface area contributed by atoms with E-state index < -0.39 is 7.12 Å². The van der Waals surface area contributed by atoms with Gasteiger partial charge in [-0.2, -0.15) is 0 Å². The van der Waals surface area contributed by atoms with E-state index in [0.717, 1.165) is 23.0 Å². The first-order valence-electron chi connectivity index (χ1n) is 7.41. The molecule has 0 bridgehead atoms. The summed E-state index contributed by atoms with van der Waals surface area (Å²) in [4.78, 5) is 12.2. The molecule has 0 saturated heterocycles. The lowest BCUT2D eigenvalue weighted by atomic mass is 9.79. The van der Waals surface area contributed by atoms with Crippen LogP contribution in [0.3, 0.4) is 0 Å². The van der Waals surface area contributed by atoms with Gasteiger partial charge in [0.25, 0.3) is 0 Å². The van der Waals surface area contributed by atoms with Gasteiger partial charge in [0.05, 0.1) is 6.61 Å². The molecule has 0 fully saturated rings. The first-order chi connectivity index (χ1) is 10.7. The molecule has 1 heterocycles. The van der Waals surface area contributed by atoms with Crippen LogP contribution in [0.5, 0.6) is 0 Å². The first-order valence-corrected chi connectivity index (χ1v) is 7.41. The monoisotopic (exact) mass is 292 g/mol. The lowest BCUT2D eigenvalue weighted by Gasteiger charge is -2.01. The Balaban J connectivity index is 1.76. The Morgan fingerprint density at radius 1 is 1.27 bits per heavy atom. The van der Waals surface area contributed by atoms with Crippen molar-refractivity contribution in [2.75, 3.05) is 0 Å². The SMILES string of the molecule is CCc1ccc(C(=O)/C=C/c2ccc3c(c2)B(O)OC3)cc1. The number of carbonyl (C=O) groups is 1. The highest BCUT2D eigenvalue weighted by Gasteiger charge is 2.26. The summed E-state index contributed by atoms with van der Waals surface area (Å²) in [5.74, 6) is -0.0278. The van der Waals surface area contributed by atoms with Gasteiger partial charge in [-0.15, -0.1) is 0 Å². The van der Waals surface area contributed by atoms with Gasteiger partial charge in [-0.3, -0.25) is 4.79 Å². The molecule has 3 nitrogen and oxygen atoms in total. The Hall–Kier alpha value is -2.17. The second-order valence-corrected chi connectivity index (χ2v) is 5.37. The second-order valence-electron chi connectivity index (χ2n) is 5.37. The number of allylic oxidation sites excluding steroid dienone is 1. The average molecular weight is 292 g/mol. The number of rotatable bonds is 4. The largest absolute Gasteiger partial charge is 0.491 e. The molecule has 0 aromatic heterocycles. The Morgan fingerprint density at radius 2 is 2.05 bits per heavy atom. The van der Waals surface area contributed by atoms with E-state index in [0.29, 0.717) is 12.2 Å². The molecule has 0 unspecified atom stereocenters. The third-order valence-electron chi connectivity index (χ3n) is 3.91. The van der Waals surface area contributed by atoms with Crippen molar-refractivity contribution in [1.29, 1.82) is 0 Å². The number of hydrogen-bond donors (Lipinski definition) is 1. The zero-order valence-corrected chi connectivity index (χ0v) is 12.5. The van der Waals surface area contributed by atoms with Gasteiger partial charge in [-0.1, -0.05) is 55.5 Å². The Kier molecular flexibility index (Phi) is 4.23. The van der Waals surface area contributed by atoms with Crippen molar-refractivity contribution in [2.24, 2.45) is 0 Å². The summed E-state index contributed by atoms with van der Waals surface area (Å²) in [7, 11) is -0.861. The zero-order chi connectivity index (χ0) is 15.5. The summed E-state index contributed by atoms with van der Waals surface area (Å²) in [6.07, 6.45) is 4.29. The van der Waals surface area contributed by atoms with Crippen molar-refractivity contribution in [3.8, 4) is 0 Å². The maximum atomic E-state index is 12.2. The van der Waals surface area contributed by atoms with Gasteiger partial charge in [-0.25, -0.2) is 0 Å². The van der Waals surface area contributed by atoms with E-state index in [-0.39, 0.29) is 5.78 Å². The van der Waals surface area contributed by atoms with Gasteiger partial charge in [-0.05, 0) is 34.6 Å². The van der Waals surface area contributed by atoms with E-state index in [2.05, 4.69) is 6.92 Å². The van der Waals surface area contributed by atoms with Crippen LogP contribution in [-0.2, 0) is 17.7 Å². The smallest absolute Gasteiger partial charge is 0.423 e. The van der Waals surface area contributed by atoms with Gasteiger partial charge in [0, 0.05) is 5.56 Å². The van der Waals surface area contributed by atoms with E-state index in [4.69, 9.17) is 4.65 Å². The molecule has 0 spiro atoms. The molecule has 1 aliphatic heterocycles. The summed E-state index contributed by atoms with van der Waals surface area (Å²) >= 11 is 0. The van der Waals surface area contributed by atoms with E-state index in [9.17, 15) is 9.82 Å². The third-order valence-corrected chi connectivity index (χ3v) is 3.91. The van der Waals surface area contributed by atoms with Gasteiger partial charge in [0.2, 0.25) is 0 Å². The summed E-state index contributed by atoms with van der Waals surface area (Å²) in [6.45, 7) is 2.52. The van der Waals surface area contributed by atoms with Crippen LogP contribution in [-0.4, -0.2) is 17.9 Å². The molecule has 2 aromatic carbocycles. The predicted octanol–water partition coefficient (Wildman–Crippen LogP) is 2.36. The molecule has 0 saturated carbocycles. The molecule has 22 heavy (non-hydrogen) atoms. The number of fused-ring (bicyclic) bond motifs is 1. The fraction of sp³-hybridized carbons (Fsp3) is 0.167. The highest BCUT2D eigenvalue weighted by Crippen LogP contribution is 2.13. The van der Waals surface area contributed by atoms with E-state index in [1.54, 1.807) is 12.2 Å². The quantitative estimate of drug-likeness (QED) is 0.534. The zero-order valence-electron chi connectivity index (χ0n) is 12.5. The number of ketones is 1. The highest BCUT2D eigenvalue weighted by atomic mass is 16.5. The number of benzene rings is 2. The normalized spacial score (nSPS) is 13.6. The van der Waals surface area contributed by atoms with Gasteiger partial charge >= 0.3 is 7.12 Å². The van der Waals surface area contributed by atoms with Crippen LogP contribution in [0.15, 0.2) is 48.5 Å². The van der Waals surface area contributed by atoms with Gasteiger partial charge in [0.15, 0.2) is 5.78 Å². The molecule has 0 aliphatic carbocycles. The molecule has 1 N–H and O–H groups in total. The number of carbonyl (C=O) groups excluding carboxylic acids is 1. The minimum atomic E-state index is -0.861. The van der Waals surface area contributed by atoms with Crippen LogP contribution >= 0.6 is 0 Å². The van der Waals surface area contributed by atoms with Crippen LogP contribution in [0.1, 0.15) is 34.0 Å². The standard InChI is InChI=1S/C18H17BO3/c1-2-13-3-7-15(8-4-13)18(20)10-6-14-5-9-16-12-22-19(21)17(16)11-14/h3-11,21H,2,12H2,1H3/b10-6+. The van der Waals surface area contributed by atoms with Crippen molar-refractivity contribution in [2.45, 2.75) is 20.0 Å². The third kappa shape index (κ3) is 3.03. The summed E-state index contributed by atoms with van der Waals surface area (Å²) in [5, 5.41) is 9.70. The molecule has 0 amide bonds. The Bertz CT molecular complexity index is 720. The fourth-order valence-corrected chi connectivity index (χ4v) is 2.51. The molecule has 110 valence electrons. The minimum absolute atomic E-state index is 0.0278. The van der Waals surface area contributed by atoms with Crippen LogP contribution in [0.25, 0.3) is 6.08 Å². The Labute approximate surface area is 130 Å². The maximum absolute atomic E-state index is 12.2. The topological polar surface area (TPSA) is 46.5 Å². The van der Waals surface area contributed by atoms with E-state index in [1.165, 1.54) is 5.56 Å². The summed E-state index contributed by atoms with van der Waals surface area (Å²) in [6, 6.07) is 13.4. The minimum Gasteiger partial charge on any atom is -0.423 e. The summed E-state index contributed by atoms with van der Waals surface area (Å²) < 4.78 is 5.16. The second kappa shape index (κ2) is 6.30. The van der Waals surface area contributed by atoms with Crippen LogP contribution in [0.2, 0.25) is 0 Å². The van der Waals surface area contributed by atoms with Gasteiger partial charge in [0.1, 0.15) is 0 Å². The van der Waals surface area contributed by atoms with Crippen LogP contribution in [0, 0.1) is 0 Å². The van der Waals surface area contributed by atoms with Crippen molar-refractivity contribution in [1.82, 2.24) is 0 Å².